The molecule has 4 N–H and O–H groups in total. The van der Waals surface area contributed by atoms with Gasteiger partial charge in [0, 0.05) is 19.6 Å². The number of hydrogen-bond acceptors (Lipinski definition) is 10. The Hall–Kier alpha value is -4.65. The summed E-state index contributed by atoms with van der Waals surface area (Å²) >= 11 is 0. The lowest BCUT2D eigenvalue weighted by atomic mass is 9.95. The summed E-state index contributed by atoms with van der Waals surface area (Å²) in [7, 11) is 6.17. The Morgan fingerprint density at radius 1 is 1.09 bits per heavy atom. The second-order valence-electron chi connectivity index (χ2n) is 10.6. The van der Waals surface area contributed by atoms with Gasteiger partial charge in [0.15, 0.2) is 17.3 Å². The van der Waals surface area contributed by atoms with E-state index in [1.54, 1.807) is 20.3 Å². The van der Waals surface area contributed by atoms with E-state index in [-0.39, 0.29) is 35.5 Å². The lowest BCUT2D eigenvalue weighted by molar-refractivity contribution is -0.120. The predicted molar refractivity (Wildman–Crippen MR) is 165 cm³/mol. The van der Waals surface area contributed by atoms with Gasteiger partial charge in [-0.1, -0.05) is 26.3 Å². The van der Waals surface area contributed by atoms with Crippen LogP contribution in [0.1, 0.15) is 56.6 Å². The average Bonchev–Trinajstić information content (AvgIpc) is 3.31. The maximum Gasteiger partial charge on any atom is 0.249 e. The number of aryl methyl sites for hydroxylation is 1. The molecule has 236 valence electrons. The fraction of sp³-hybridized carbons (Fsp3) is 0.452. The zero-order valence-electron chi connectivity index (χ0n) is 26.1. The van der Waals surface area contributed by atoms with Crippen LogP contribution in [0.3, 0.4) is 0 Å². The number of ether oxygens (including phenoxy) is 4. The van der Waals surface area contributed by atoms with Crippen LogP contribution in [0, 0.1) is 5.92 Å². The lowest BCUT2D eigenvalue weighted by Crippen LogP contribution is -2.41. The zero-order valence-corrected chi connectivity index (χ0v) is 26.1. The SMILES string of the molecule is CC[C@@H](C)[C@H](Nc1ccc2c(cc1=O)[C@@H](NC(C)=O)CCc1cc(OC)c(OC)c(OC)c1-2)C(=O)Nc1n[nH]c(COC)n1. The van der Waals surface area contributed by atoms with Gasteiger partial charge in [-0.3, -0.25) is 24.8 Å². The van der Waals surface area contributed by atoms with Crippen molar-refractivity contribution < 1.29 is 28.5 Å². The van der Waals surface area contributed by atoms with Crippen molar-refractivity contribution in [2.45, 2.75) is 58.7 Å². The van der Waals surface area contributed by atoms with Gasteiger partial charge in [-0.25, -0.2) is 0 Å². The van der Waals surface area contributed by atoms with Crippen LogP contribution >= 0.6 is 0 Å². The monoisotopic (exact) mass is 608 g/mol. The molecule has 13 heteroatoms. The number of hydrogen-bond donors (Lipinski definition) is 4. The minimum Gasteiger partial charge on any atom is -0.493 e. The highest BCUT2D eigenvalue weighted by Crippen LogP contribution is 2.50. The second-order valence-corrected chi connectivity index (χ2v) is 10.6. The number of H-pyrrole nitrogens is 1. The van der Waals surface area contributed by atoms with Gasteiger partial charge in [-0.15, -0.1) is 5.10 Å². The van der Waals surface area contributed by atoms with Crippen LogP contribution in [0.15, 0.2) is 29.1 Å². The van der Waals surface area contributed by atoms with Crippen LogP contribution < -0.4 is 35.6 Å². The molecule has 1 aliphatic rings. The number of benzene rings is 1. The fourth-order valence-corrected chi connectivity index (χ4v) is 5.44. The Labute approximate surface area is 256 Å². The van der Waals surface area contributed by atoms with Crippen LogP contribution in [0.4, 0.5) is 11.6 Å². The largest absolute Gasteiger partial charge is 0.493 e. The molecule has 0 unspecified atom stereocenters. The van der Waals surface area contributed by atoms with Crippen molar-refractivity contribution in [1.29, 1.82) is 0 Å². The third kappa shape index (κ3) is 6.77. The number of nitrogens with zero attached hydrogens (tertiary/aromatic N) is 2. The molecule has 44 heavy (non-hydrogen) atoms. The molecule has 13 nitrogen and oxygen atoms in total. The molecule has 1 aliphatic carbocycles. The fourth-order valence-electron chi connectivity index (χ4n) is 5.44. The summed E-state index contributed by atoms with van der Waals surface area (Å²) in [5, 5.41) is 15.7. The molecular formula is C31H40N6O7. The van der Waals surface area contributed by atoms with Gasteiger partial charge >= 0.3 is 0 Å². The van der Waals surface area contributed by atoms with Gasteiger partial charge in [-0.05, 0) is 53.6 Å². The first kappa shape index (κ1) is 32.3. The Bertz CT molecular complexity index is 1570. The Kier molecular flexibility index (Phi) is 10.4. The number of fused-ring (bicyclic) bond motifs is 3. The Balaban J connectivity index is 1.83. The van der Waals surface area contributed by atoms with Crippen LogP contribution in [-0.4, -0.2) is 61.5 Å². The average molecular weight is 609 g/mol. The number of aromatic nitrogens is 3. The molecule has 0 saturated heterocycles. The van der Waals surface area contributed by atoms with E-state index in [4.69, 9.17) is 18.9 Å². The summed E-state index contributed by atoms with van der Waals surface area (Å²) in [5.74, 6) is 1.19. The summed E-state index contributed by atoms with van der Waals surface area (Å²) in [6, 6.07) is 5.64. The third-order valence-electron chi connectivity index (χ3n) is 7.77. The van der Waals surface area contributed by atoms with Gasteiger partial charge in [0.25, 0.3) is 0 Å². The number of rotatable bonds is 12. The summed E-state index contributed by atoms with van der Waals surface area (Å²) < 4.78 is 22.2. The molecule has 1 aromatic heterocycles. The van der Waals surface area contributed by atoms with Crippen LogP contribution in [0.25, 0.3) is 11.1 Å². The second kappa shape index (κ2) is 14.2. The molecule has 0 fully saturated rings. The molecule has 0 aliphatic heterocycles. The minimum absolute atomic E-state index is 0.107. The number of carbonyl (C=O) groups is 2. The van der Waals surface area contributed by atoms with Crippen LogP contribution in [0.5, 0.6) is 17.2 Å². The van der Waals surface area contributed by atoms with Crippen molar-refractivity contribution >= 4 is 23.5 Å². The van der Waals surface area contributed by atoms with E-state index >= 15 is 0 Å². The Morgan fingerprint density at radius 2 is 1.84 bits per heavy atom. The summed E-state index contributed by atoms with van der Waals surface area (Å²) in [4.78, 5) is 43.7. The molecule has 3 aromatic rings. The van der Waals surface area contributed by atoms with Gasteiger partial charge in [0.1, 0.15) is 12.6 Å². The van der Waals surface area contributed by atoms with Crippen molar-refractivity contribution in [3.05, 3.63) is 51.4 Å². The van der Waals surface area contributed by atoms with Gasteiger partial charge in [0.2, 0.25) is 28.9 Å². The normalized spacial score (nSPS) is 15.1. The maximum absolute atomic E-state index is 13.8. The van der Waals surface area contributed by atoms with Crippen molar-refractivity contribution in [2.75, 3.05) is 39.1 Å². The van der Waals surface area contributed by atoms with Crippen molar-refractivity contribution in [1.82, 2.24) is 20.5 Å². The lowest BCUT2D eigenvalue weighted by Gasteiger charge is -2.23. The van der Waals surface area contributed by atoms with Crippen molar-refractivity contribution in [2.24, 2.45) is 5.92 Å². The first-order valence-corrected chi connectivity index (χ1v) is 14.4. The van der Waals surface area contributed by atoms with Crippen molar-refractivity contribution in [3.63, 3.8) is 0 Å². The number of amides is 2. The number of carbonyl (C=O) groups excluding carboxylic acids is 2. The highest BCUT2D eigenvalue weighted by molar-refractivity contribution is 5.95. The Morgan fingerprint density at radius 3 is 2.48 bits per heavy atom. The molecule has 2 aromatic carbocycles. The summed E-state index contributed by atoms with van der Waals surface area (Å²) in [5.41, 5.74) is 2.84. The van der Waals surface area contributed by atoms with Gasteiger partial charge in [-0.2, -0.15) is 4.98 Å². The number of anilines is 2. The van der Waals surface area contributed by atoms with Gasteiger partial charge < -0.3 is 29.6 Å². The van der Waals surface area contributed by atoms with E-state index < -0.39 is 18.0 Å². The smallest absolute Gasteiger partial charge is 0.249 e. The molecule has 2 amide bonds. The van der Waals surface area contributed by atoms with Gasteiger partial charge in [0.05, 0.1) is 33.1 Å². The van der Waals surface area contributed by atoms with E-state index in [0.717, 1.165) is 11.1 Å². The van der Waals surface area contributed by atoms with Crippen LogP contribution in [0.2, 0.25) is 0 Å². The van der Waals surface area contributed by atoms with E-state index in [0.29, 0.717) is 53.5 Å². The maximum atomic E-state index is 13.8. The molecule has 0 spiro atoms. The number of aromatic amines is 1. The highest BCUT2D eigenvalue weighted by Gasteiger charge is 2.30. The van der Waals surface area contributed by atoms with E-state index in [1.807, 2.05) is 26.0 Å². The quantitative estimate of drug-likeness (QED) is 0.239. The van der Waals surface area contributed by atoms with Crippen LogP contribution in [-0.2, 0) is 27.4 Å². The standard InChI is InChI=1S/C31H40N6O7/c1-8-16(2)27(30(40)35-31-34-25(15-41-4)36-37-31)33-22-12-10-19-20(14-23(22)39)21(32-17(3)38)11-9-18-13-24(42-5)28(43-6)29(44-7)26(18)19/h10,12-14,16,21,27H,8-9,11,15H2,1-7H3,(H,32,38)(H,33,39)(H2,34,35,36,37,40)/t16-,21+,27+/m1/s1. The van der Waals surface area contributed by atoms with E-state index in [9.17, 15) is 14.4 Å². The molecule has 0 saturated carbocycles. The third-order valence-corrected chi connectivity index (χ3v) is 7.77. The molecule has 1 heterocycles. The predicted octanol–water partition coefficient (Wildman–Crippen LogP) is 3.59. The summed E-state index contributed by atoms with van der Waals surface area (Å²) in [6.07, 6.45) is 1.77. The van der Waals surface area contributed by atoms with Crippen molar-refractivity contribution in [3.8, 4) is 28.4 Å². The van der Waals surface area contributed by atoms with E-state index in [2.05, 4.69) is 31.1 Å². The topological polar surface area (TPSA) is 166 Å². The number of methoxy groups -OCH3 is 4. The minimum atomic E-state index is -0.781. The molecular weight excluding hydrogens is 568 g/mol. The summed E-state index contributed by atoms with van der Waals surface area (Å²) in [6.45, 7) is 5.54. The molecule has 0 bridgehead atoms. The first-order chi connectivity index (χ1) is 21.1. The zero-order chi connectivity index (χ0) is 32.0. The molecule has 0 radical (unpaired) electrons. The number of nitrogens with one attached hydrogen (secondary N) is 4. The van der Waals surface area contributed by atoms with E-state index in [1.165, 1.54) is 27.2 Å². The highest BCUT2D eigenvalue weighted by atomic mass is 16.5. The molecule has 4 rings (SSSR count). The first-order valence-electron chi connectivity index (χ1n) is 14.4. The molecule has 3 atom stereocenters.